The first-order chi connectivity index (χ1) is 8.83. The molecule has 0 bridgehead atoms. The van der Waals surface area contributed by atoms with Crippen LogP contribution in [0, 0.1) is 0 Å². The molecule has 2 N–H and O–H groups in total. The van der Waals surface area contributed by atoms with Gasteiger partial charge in [0.05, 0.1) is 7.11 Å². The van der Waals surface area contributed by atoms with Gasteiger partial charge in [0.2, 0.25) is 0 Å². The number of hydrogen-bond acceptors (Lipinski definition) is 4. The summed E-state index contributed by atoms with van der Waals surface area (Å²) in [6.07, 6.45) is 0. The van der Waals surface area contributed by atoms with Gasteiger partial charge in [-0.1, -0.05) is 30.3 Å². The van der Waals surface area contributed by atoms with Crippen molar-refractivity contribution in [3.8, 4) is 11.5 Å². The molecule has 0 heterocycles. The van der Waals surface area contributed by atoms with Crippen molar-refractivity contribution in [2.24, 2.45) is 5.90 Å². The highest BCUT2D eigenvalue weighted by molar-refractivity contribution is 6.61. The van der Waals surface area contributed by atoms with Crippen molar-refractivity contribution in [1.82, 2.24) is 0 Å². The minimum Gasteiger partial charge on any atom is -0.531 e. The second kappa shape index (κ2) is 6.09. The van der Waals surface area contributed by atoms with Crippen LogP contribution in [0.3, 0.4) is 0 Å². The van der Waals surface area contributed by atoms with Crippen molar-refractivity contribution >= 4 is 12.6 Å². The highest BCUT2D eigenvalue weighted by Gasteiger charge is 2.22. The summed E-state index contributed by atoms with van der Waals surface area (Å²) in [5, 5.41) is 0. The molecule has 0 aliphatic heterocycles. The van der Waals surface area contributed by atoms with Crippen LogP contribution in [0.4, 0.5) is 0 Å². The van der Waals surface area contributed by atoms with Crippen LogP contribution in [0.5, 0.6) is 11.5 Å². The van der Waals surface area contributed by atoms with Gasteiger partial charge in [-0.3, -0.25) is 0 Å². The Kier molecular flexibility index (Phi) is 4.22. The molecule has 0 unspecified atom stereocenters. The minimum absolute atomic E-state index is 0.625. The molecule has 0 radical (unpaired) electrons. The first-order valence-electron chi connectivity index (χ1n) is 5.54. The molecule has 18 heavy (non-hydrogen) atoms. The molecule has 2 aromatic carbocycles. The molecular formula is C13H14BNO3. The van der Waals surface area contributed by atoms with E-state index < -0.39 is 7.12 Å². The molecule has 0 aliphatic rings. The van der Waals surface area contributed by atoms with Crippen molar-refractivity contribution in [3.05, 3.63) is 54.6 Å². The third-order valence-corrected chi connectivity index (χ3v) is 2.50. The van der Waals surface area contributed by atoms with E-state index in [9.17, 15) is 0 Å². The summed E-state index contributed by atoms with van der Waals surface area (Å²) in [6.45, 7) is 0. The predicted molar refractivity (Wildman–Crippen MR) is 70.7 cm³/mol. The lowest BCUT2D eigenvalue weighted by Crippen LogP contribution is -2.41. The van der Waals surface area contributed by atoms with Crippen LogP contribution < -0.4 is 20.8 Å². The summed E-state index contributed by atoms with van der Waals surface area (Å²) >= 11 is 0. The van der Waals surface area contributed by atoms with E-state index in [1.807, 2.05) is 42.5 Å². The molecule has 4 nitrogen and oxygen atoms in total. The maximum atomic E-state index is 5.65. The number of methoxy groups -OCH3 is 1. The second-order valence-corrected chi connectivity index (χ2v) is 3.67. The average molecular weight is 243 g/mol. The van der Waals surface area contributed by atoms with E-state index in [-0.39, 0.29) is 0 Å². The largest absolute Gasteiger partial charge is 0.579 e. The van der Waals surface area contributed by atoms with Crippen LogP contribution in [0.15, 0.2) is 54.6 Å². The number of ether oxygens (including phenoxy) is 1. The summed E-state index contributed by atoms with van der Waals surface area (Å²) < 4.78 is 15.6. The Hall–Kier alpha value is -1.98. The monoisotopic (exact) mass is 243 g/mol. The summed E-state index contributed by atoms with van der Waals surface area (Å²) in [6, 6.07) is 16.7. The molecule has 2 aromatic rings. The number of benzene rings is 2. The Bertz CT molecular complexity index is 475. The van der Waals surface area contributed by atoms with E-state index in [0.717, 1.165) is 11.2 Å². The highest BCUT2D eigenvalue weighted by Crippen LogP contribution is 2.17. The molecule has 0 spiro atoms. The molecule has 0 aliphatic carbocycles. The maximum Gasteiger partial charge on any atom is 0.579 e. The SMILES string of the molecule is COc1ccc(OB(ON)c2ccccc2)cc1. The molecule has 92 valence electrons. The Morgan fingerprint density at radius 1 is 0.889 bits per heavy atom. The zero-order valence-corrected chi connectivity index (χ0v) is 10.1. The molecule has 0 saturated heterocycles. The third-order valence-electron chi connectivity index (χ3n) is 2.50. The topological polar surface area (TPSA) is 53.7 Å². The lowest BCUT2D eigenvalue weighted by molar-refractivity contribution is 0.287. The van der Waals surface area contributed by atoms with E-state index in [1.54, 1.807) is 19.2 Å². The Labute approximate surface area is 106 Å². The van der Waals surface area contributed by atoms with Crippen LogP contribution >= 0.6 is 0 Å². The lowest BCUT2D eigenvalue weighted by atomic mass is 9.79. The normalized spacial score (nSPS) is 9.89. The zero-order chi connectivity index (χ0) is 12.8. The number of rotatable bonds is 5. The van der Waals surface area contributed by atoms with Gasteiger partial charge in [-0.15, -0.1) is 0 Å². The lowest BCUT2D eigenvalue weighted by Gasteiger charge is -2.13. The van der Waals surface area contributed by atoms with Crippen LogP contribution in [-0.4, -0.2) is 14.2 Å². The first kappa shape index (κ1) is 12.5. The van der Waals surface area contributed by atoms with Crippen molar-refractivity contribution in [2.45, 2.75) is 0 Å². The standard InChI is InChI=1S/C13H14BNO3/c1-16-12-7-9-13(10-8-12)17-14(18-15)11-5-3-2-4-6-11/h2-10H,15H2,1H3. The molecule has 0 fully saturated rings. The van der Waals surface area contributed by atoms with E-state index in [1.165, 1.54) is 0 Å². The Morgan fingerprint density at radius 3 is 2.06 bits per heavy atom. The van der Waals surface area contributed by atoms with E-state index in [4.69, 9.17) is 20.0 Å². The van der Waals surface area contributed by atoms with Gasteiger partial charge in [0.25, 0.3) is 0 Å². The van der Waals surface area contributed by atoms with Gasteiger partial charge in [-0.2, -0.15) is 0 Å². The second-order valence-electron chi connectivity index (χ2n) is 3.67. The van der Waals surface area contributed by atoms with Crippen LogP contribution in [0.25, 0.3) is 0 Å². The molecule has 0 aromatic heterocycles. The van der Waals surface area contributed by atoms with E-state index in [2.05, 4.69) is 0 Å². The van der Waals surface area contributed by atoms with Gasteiger partial charge in [-0.05, 0) is 29.7 Å². The maximum absolute atomic E-state index is 5.65. The van der Waals surface area contributed by atoms with Crippen LogP contribution in [-0.2, 0) is 4.76 Å². The summed E-state index contributed by atoms with van der Waals surface area (Å²) in [4.78, 5) is 0. The van der Waals surface area contributed by atoms with Gasteiger partial charge < -0.3 is 14.1 Å². The van der Waals surface area contributed by atoms with Crippen molar-refractivity contribution in [3.63, 3.8) is 0 Å². The quantitative estimate of drug-likeness (QED) is 0.636. The van der Waals surface area contributed by atoms with E-state index >= 15 is 0 Å². The third kappa shape index (κ3) is 3.03. The fourth-order valence-corrected chi connectivity index (χ4v) is 1.56. The summed E-state index contributed by atoms with van der Waals surface area (Å²) in [7, 11) is 0.991. The summed E-state index contributed by atoms with van der Waals surface area (Å²) in [5.41, 5.74) is 0.857. The van der Waals surface area contributed by atoms with Gasteiger partial charge in [-0.25, -0.2) is 5.90 Å². The van der Waals surface area contributed by atoms with Gasteiger partial charge in [0.15, 0.2) is 0 Å². The average Bonchev–Trinajstić information content (AvgIpc) is 2.46. The molecule has 0 amide bonds. The van der Waals surface area contributed by atoms with Crippen LogP contribution in [0.1, 0.15) is 0 Å². The van der Waals surface area contributed by atoms with Crippen molar-refractivity contribution < 1.29 is 14.1 Å². The smallest absolute Gasteiger partial charge is 0.531 e. The summed E-state index contributed by atoms with van der Waals surface area (Å²) in [5.74, 6) is 6.69. The molecule has 0 saturated carbocycles. The van der Waals surface area contributed by atoms with Crippen LogP contribution in [0.2, 0.25) is 0 Å². The Balaban J connectivity index is 2.10. The Morgan fingerprint density at radius 2 is 1.50 bits per heavy atom. The molecule has 2 rings (SSSR count). The van der Waals surface area contributed by atoms with Crippen molar-refractivity contribution in [2.75, 3.05) is 7.11 Å². The first-order valence-corrected chi connectivity index (χ1v) is 5.54. The fourth-order valence-electron chi connectivity index (χ4n) is 1.56. The van der Waals surface area contributed by atoms with Gasteiger partial charge in [0, 0.05) is 0 Å². The van der Waals surface area contributed by atoms with Gasteiger partial charge >= 0.3 is 7.12 Å². The molecule has 5 heteroatoms. The van der Waals surface area contributed by atoms with E-state index in [0.29, 0.717) is 5.75 Å². The van der Waals surface area contributed by atoms with Crippen molar-refractivity contribution in [1.29, 1.82) is 0 Å². The highest BCUT2D eigenvalue weighted by atomic mass is 16.7. The number of hydrogen-bond donors (Lipinski definition) is 1. The molecular weight excluding hydrogens is 229 g/mol. The fraction of sp³-hybridized carbons (Fsp3) is 0.0769. The minimum atomic E-state index is -0.625. The molecule has 0 atom stereocenters. The number of nitrogens with two attached hydrogens (primary N) is 1. The predicted octanol–water partition coefficient (Wildman–Crippen LogP) is 1.36. The van der Waals surface area contributed by atoms with Gasteiger partial charge in [0.1, 0.15) is 11.5 Å². The zero-order valence-electron chi connectivity index (χ0n) is 10.1.